The van der Waals surface area contributed by atoms with E-state index >= 15 is 0 Å². The molecule has 0 aliphatic heterocycles. The zero-order chi connectivity index (χ0) is 19.5. The summed E-state index contributed by atoms with van der Waals surface area (Å²) in [6.07, 6.45) is 1.59. The molecule has 0 atom stereocenters. The van der Waals surface area contributed by atoms with Gasteiger partial charge in [0.15, 0.2) is 5.13 Å². The van der Waals surface area contributed by atoms with Gasteiger partial charge in [0.05, 0.1) is 24.1 Å². The number of thiazole rings is 1. The number of anilines is 1. The summed E-state index contributed by atoms with van der Waals surface area (Å²) in [5.41, 5.74) is 1.23. The van der Waals surface area contributed by atoms with Crippen molar-refractivity contribution in [2.45, 2.75) is 13.5 Å². The standard InChI is InChI=1S/C21H17ClN2O3S/c1-2-26-17-9-4-10-18-19(17)23-21(28-18)24(13-16-8-5-11-27-16)20(25)14-6-3-7-15(22)12-14/h3-12H,2,13H2,1H3. The van der Waals surface area contributed by atoms with Gasteiger partial charge in [-0.15, -0.1) is 0 Å². The van der Waals surface area contributed by atoms with Crippen LogP contribution in [-0.2, 0) is 6.54 Å². The van der Waals surface area contributed by atoms with Gasteiger partial charge in [0, 0.05) is 10.6 Å². The summed E-state index contributed by atoms with van der Waals surface area (Å²) in [4.78, 5) is 19.6. The second kappa shape index (κ2) is 8.04. The molecule has 0 spiro atoms. The molecular weight excluding hydrogens is 396 g/mol. The van der Waals surface area contributed by atoms with Crippen molar-refractivity contribution in [1.82, 2.24) is 4.98 Å². The molecule has 2 aromatic heterocycles. The smallest absolute Gasteiger partial charge is 0.260 e. The highest BCUT2D eigenvalue weighted by molar-refractivity contribution is 7.22. The number of carbonyl (C=O) groups excluding carboxylic acids is 1. The first kappa shape index (κ1) is 18.5. The number of amides is 1. The van der Waals surface area contributed by atoms with Gasteiger partial charge >= 0.3 is 0 Å². The first-order chi connectivity index (χ1) is 13.7. The van der Waals surface area contributed by atoms with Crippen LogP contribution in [0, 0.1) is 0 Å². The van der Waals surface area contributed by atoms with Crippen LogP contribution >= 0.6 is 22.9 Å². The molecule has 28 heavy (non-hydrogen) atoms. The van der Waals surface area contributed by atoms with E-state index in [9.17, 15) is 4.79 Å². The average molecular weight is 413 g/mol. The minimum Gasteiger partial charge on any atom is -0.492 e. The first-order valence-corrected chi connectivity index (χ1v) is 9.97. The average Bonchev–Trinajstić information content (AvgIpc) is 3.36. The molecule has 1 amide bonds. The third kappa shape index (κ3) is 3.74. The van der Waals surface area contributed by atoms with Crippen LogP contribution in [0.5, 0.6) is 5.75 Å². The highest BCUT2D eigenvalue weighted by atomic mass is 35.5. The summed E-state index contributed by atoms with van der Waals surface area (Å²) in [6, 6.07) is 16.3. The number of rotatable bonds is 6. The Bertz CT molecular complexity index is 1110. The predicted molar refractivity (Wildman–Crippen MR) is 111 cm³/mol. The normalized spacial score (nSPS) is 10.9. The number of hydrogen-bond acceptors (Lipinski definition) is 5. The van der Waals surface area contributed by atoms with Crippen LogP contribution in [0.2, 0.25) is 5.02 Å². The van der Waals surface area contributed by atoms with Crippen LogP contribution in [0.25, 0.3) is 10.2 Å². The Morgan fingerprint density at radius 1 is 1.21 bits per heavy atom. The largest absolute Gasteiger partial charge is 0.492 e. The summed E-state index contributed by atoms with van der Waals surface area (Å²) < 4.78 is 12.1. The van der Waals surface area contributed by atoms with Gasteiger partial charge in [-0.2, -0.15) is 0 Å². The van der Waals surface area contributed by atoms with E-state index in [1.807, 2.05) is 31.2 Å². The molecule has 0 fully saturated rings. The van der Waals surface area contributed by atoms with Crippen LogP contribution in [0.15, 0.2) is 65.3 Å². The lowest BCUT2D eigenvalue weighted by Crippen LogP contribution is -2.30. The van der Waals surface area contributed by atoms with Gasteiger partial charge in [-0.05, 0) is 49.4 Å². The van der Waals surface area contributed by atoms with Crippen LogP contribution in [0.4, 0.5) is 5.13 Å². The van der Waals surface area contributed by atoms with E-state index in [4.69, 9.17) is 25.7 Å². The quantitative estimate of drug-likeness (QED) is 0.402. The zero-order valence-electron chi connectivity index (χ0n) is 15.1. The fourth-order valence-corrected chi connectivity index (χ4v) is 4.03. The maximum absolute atomic E-state index is 13.3. The number of halogens is 1. The maximum atomic E-state index is 13.3. The van der Waals surface area contributed by atoms with Gasteiger partial charge in [0.2, 0.25) is 0 Å². The van der Waals surface area contributed by atoms with Crippen molar-refractivity contribution >= 4 is 44.2 Å². The molecule has 7 heteroatoms. The van der Waals surface area contributed by atoms with Gasteiger partial charge in [0.1, 0.15) is 17.0 Å². The number of furan rings is 1. The number of nitrogens with zero attached hydrogens (tertiary/aromatic N) is 2. The van der Waals surface area contributed by atoms with Crippen molar-refractivity contribution in [1.29, 1.82) is 0 Å². The number of ether oxygens (including phenoxy) is 1. The van der Waals surface area contributed by atoms with E-state index in [-0.39, 0.29) is 12.5 Å². The summed E-state index contributed by atoms with van der Waals surface area (Å²) in [5, 5.41) is 1.08. The minimum absolute atomic E-state index is 0.198. The van der Waals surface area contributed by atoms with E-state index in [1.54, 1.807) is 41.5 Å². The van der Waals surface area contributed by atoms with Crippen molar-refractivity contribution in [2.75, 3.05) is 11.5 Å². The summed E-state index contributed by atoms with van der Waals surface area (Å²) in [6.45, 7) is 2.74. The molecule has 2 aromatic carbocycles. The minimum atomic E-state index is -0.198. The summed E-state index contributed by atoms with van der Waals surface area (Å²) >= 11 is 7.52. The molecule has 0 aliphatic rings. The van der Waals surface area contributed by atoms with E-state index in [0.29, 0.717) is 33.8 Å². The molecule has 0 unspecified atom stereocenters. The Hall–Kier alpha value is -2.83. The monoisotopic (exact) mass is 412 g/mol. The second-order valence-electron chi connectivity index (χ2n) is 6.01. The number of hydrogen-bond donors (Lipinski definition) is 0. The van der Waals surface area contributed by atoms with Crippen molar-refractivity contribution < 1.29 is 13.9 Å². The molecule has 4 aromatic rings. The van der Waals surface area contributed by atoms with Crippen molar-refractivity contribution in [3.05, 3.63) is 77.2 Å². The summed E-state index contributed by atoms with van der Waals surface area (Å²) in [5.74, 6) is 1.17. The first-order valence-electron chi connectivity index (χ1n) is 8.78. The lowest BCUT2D eigenvalue weighted by Gasteiger charge is -2.19. The highest BCUT2D eigenvalue weighted by Gasteiger charge is 2.23. The Morgan fingerprint density at radius 3 is 2.82 bits per heavy atom. The van der Waals surface area contributed by atoms with E-state index in [2.05, 4.69) is 0 Å². The Balaban J connectivity index is 1.78. The molecule has 2 heterocycles. The number of para-hydroxylation sites is 1. The molecule has 142 valence electrons. The van der Waals surface area contributed by atoms with Crippen molar-refractivity contribution in [2.24, 2.45) is 0 Å². The van der Waals surface area contributed by atoms with E-state index < -0.39 is 0 Å². The SMILES string of the molecule is CCOc1cccc2sc(N(Cc3ccco3)C(=O)c3cccc(Cl)c3)nc12. The molecule has 4 rings (SSSR count). The fourth-order valence-electron chi connectivity index (χ4n) is 2.86. The Kier molecular flexibility index (Phi) is 5.32. The molecule has 0 bridgehead atoms. The molecule has 0 aliphatic carbocycles. The Morgan fingerprint density at radius 2 is 2.07 bits per heavy atom. The van der Waals surface area contributed by atoms with Gasteiger partial charge in [-0.1, -0.05) is 35.1 Å². The van der Waals surface area contributed by atoms with Crippen LogP contribution < -0.4 is 9.64 Å². The second-order valence-corrected chi connectivity index (χ2v) is 7.46. The Labute approximate surface area is 171 Å². The summed E-state index contributed by atoms with van der Waals surface area (Å²) in [7, 11) is 0. The van der Waals surface area contributed by atoms with Crippen LogP contribution in [-0.4, -0.2) is 17.5 Å². The topological polar surface area (TPSA) is 55.6 Å². The molecule has 0 saturated heterocycles. The molecule has 0 saturated carbocycles. The van der Waals surface area contributed by atoms with Gasteiger partial charge in [-0.25, -0.2) is 4.98 Å². The van der Waals surface area contributed by atoms with Gasteiger partial charge in [0.25, 0.3) is 5.91 Å². The third-order valence-electron chi connectivity index (χ3n) is 4.11. The molecule has 0 N–H and O–H groups in total. The van der Waals surface area contributed by atoms with Gasteiger partial charge in [-0.3, -0.25) is 9.69 Å². The lowest BCUT2D eigenvalue weighted by atomic mass is 10.2. The van der Waals surface area contributed by atoms with Gasteiger partial charge < -0.3 is 9.15 Å². The molecular formula is C21H17ClN2O3S. The number of fused-ring (bicyclic) bond motifs is 1. The zero-order valence-corrected chi connectivity index (χ0v) is 16.7. The predicted octanol–water partition coefficient (Wildman–Crippen LogP) is 5.79. The highest BCUT2D eigenvalue weighted by Crippen LogP contribution is 2.35. The van der Waals surface area contributed by atoms with Crippen molar-refractivity contribution in [3.8, 4) is 5.75 Å². The van der Waals surface area contributed by atoms with E-state index in [1.165, 1.54) is 11.3 Å². The molecule has 0 radical (unpaired) electrons. The number of carbonyl (C=O) groups is 1. The van der Waals surface area contributed by atoms with Crippen molar-refractivity contribution in [3.63, 3.8) is 0 Å². The van der Waals surface area contributed by atoms with Crippen LogP contribution in [0.3, 0.4) is 0 Å². The van der Waals surface area contributed by atoms with E-state index in [0.717, 1.165) is 10.2 Å². The number of aromatic nitrogens is 1. The van der Waals surface area contributed by atoms with Crippen LogP contribution in [0.1, 0.15) is 23.0 Å². The number of benzene rings is 2. The fraction of sp³-hybridized carbons (Fsp3) is 0.143. The lowest BCUT2D eigenvalue weighted by molar-refractivity contribution is 0.0983. The maximum Gasteiger partial charge on any atom is 0.260 e. The third-order valence-corrected chi connectivity index (χ3v) is 5.39. The molecule has 5 nitrogen and oxygen atoms in total.